The molecule has 1 atom stereocenters. The first kappa shape index (κ1) is 13.4. The van der Waals surface area contributed by atoms with Gasteiger partial charge >= 0.3 is 0 Å². The summed E-state index contributed by atoms with van der Waals surface area (Å²) >= 11 is 12.0. The SMILES string of the molecule is NNC(Cc1ccco1)Cc1ccc(Cl)cc1Cl. The van der Waals surface area contributed by atoms with Gasteiger partial charge in [0.25, 0.3) is 0 Å². The van der Waals surface area contributed by atoms with Gasteiger partial charge in [-0.3, -0.25) is 11.3 Å². The van der Waals surface area contributed by atoms with Crippen LogP contribution >= 0.6 is 23.2 Å². The van der Waals surface area contributed by atoms with Crippen molar-refractivity contribution in [2.45, 2.75) is 18.9 Å². The van der Waals surface area contributed by atoms with Crippen molar-refractivity contribution in [3.05, 3.63) is 58.0 Å². The number of rotatable bonds is 5. The maximum atomic E-state index is 6.14. The lowest BCUT2D eigenvalue weighted by Gasteiger charge is -2.15. The highest BCUT2D eigenvalue weighted by molar-refractivity contribution is 6.35. The number of nitrogens with two attached hydrogens (primary N) is 1. The molecule has 2 rings (SSSR count). The van der Waals surface area contributed by atoms with E-state index in [0.717, 1.165) is 11.3 Å². The summed E-state index contributed by atoms with van der Waals surface area (Å²) in [6.07, 6.45) is 3.08. The van der Waals surface area contributed by atoms with Crippen LogP contribution in [0.15, 0.2) is 41.0 Å². The molecule has 5 heteroatoms. The van der Waals surface area contributed by atoms with Crippen LogP contribution in [0.3, 0.4) is 0 Å². The normalized spacial score (nSPS) is 12.6. The van der Waals surface area contributed by atoms with E-state index in [9.17, 15) is 0 Å². The molecular weight excluding hydrogens is 271 g/mol. The summed E-state index contributed by atoms with van der Waals surface area (Å²) in [5, 5.41) is 1.29. The van der Waals surface area contributed by atoms with Crippen LogP contribution in [0.1, 0.15) is 11.3 Å². The molecule has 2 aromatic rings. The van der Waals surface area contributed by atoms with Crippen molar-refractivity contribution in [3.63, 3.8) is 0 Å². The van der Waals surface area contributed by atoms with Crippen molar-refractivity contribution in [2.24, 2.45) is 5.84 Å². The molecule has 18 heavy (non-hydrogen) atoms. The van der Waals surface area contributed by atoms with Gasteiger partial charge in [0.05, 0.1) is 6.26 Å². The van der Waals surface area contributed by atoms with Crippen LogP contribution in [0, 0.1) is 0 Å². The zero-order valence-electron chi connectivity index (χ0n) is 9.70. The number of nitrogens with one attached hydrogen (secondary N) is 1. The fourth-order valence-corrected chi connectivity index (χ4v) is 2.30. The minimum Gasteiger partial charge on any atom is -0.469 e. The molecule has 0 saturated heterocycles. The monoisotopic (exact) mass is 284 g/mol. The van der Waals surface area contributed by atoms with Crippen LogP contribution in [0.2, 0.25) is 10.0 Å². The molecule has 0 aliphatic rings. The Morgan fingerprint density at radius 2 is 2.06 bits per heavy atom. The van der Waals surface area contributed by atoms with E-state index in [2.05, 4.69) is 5.43 Å². The fourth-order valence-electron chi connectivity index (χ4n) is 1.81. The summed E-state index contributed by atoms with van der Waals surface area (Å²) in [7, 11) is 0. The second kappa shape index (κ2) is 6.25. The van der Waals surface area contributed by atoms with Gasteiger partial charge < -0.3 is 4.42 Å². The zero-order valence-corrected chi connectivity index (χ0v) is 11.2. The Kier molecular flexibility index (Phi) is 4.66. The van der Waals surface area contributed by atoms with E-state index >= 15 is 0 Å². The molecule has 0 amide bonds. The molecule has 0 radical (unpaired) electrons. The Bertz CT molecular complexity index is 500. The van der Waals surface area contributed by atoms with E-state index in [1.807, 2.05) is 24.3 Å². The molecule has 96 valence electrons. The topological polar surface area (TPSA) is 51.2 Å². The highest BCUT2D eigenvalue weighted by atomic mass is 35.5. The van der Waals surface area contributed by atoms with Gasteiger partial charge in [0.2, 0.25) is 0 Å². The van der Waals surface area contributed by atoms with Crippen molar-refractivity contribution in [1.29, 1.82) is 0 Å². The van der Waals surface area contributed by atoms with E-state index in [1.165, 1.54) is 0 Å². The number of hydrogen-bond donors (Lipinski definition) is 2. The lowest BCUT2D eigenvalue weighted by Crippen LogP contribution is -2.38. The molecule has 0 aliphatic heterocycles. The Morgan fingerprint density at radius 3 is 2.67 bits per heavy atom. The minimum atomic E-state index is 0.0647. The van der Waals surface area contributed by atoms with Gasteiger partial charge in [0, 0.05) is 22.5 Å². The van der Waals surface area contributed by atoms with Crippen LogP contribution < -0.4 is 11.3 Å². The second-order valence-electron chi connectivity index (χ2n) is 4.09. The molecule has 0 fully saturated rings. The predicted molar refractivity (Wildman–Crippen MR) is 73.7 cm³/mol. The molecule has 0 saturated carbocycles. The predicted octanol–water partition coefficient (Wildman–Crippen LogP) is 3.20. The number of benzene rings is 1. The second-order valence-corrected chi connectivity index (χ2v) is 4.93. The van der Waals surface area contributed by atoms with Gasteiger partial charge in [-0.1, -0.05) is 29.3 Å². The Balaban J connectivity index is 2.05. The maximum absolute atomic E-state index is 6.14. The van der Waals surface area contributed by atoms with Gasteiger partial charge in [0.15, 0.2) is 0 Å². The summed E-state index contributed by atoms with van der Waals surface area (Å²) in [6, 6.07) is 9.32. The van der Waals surface area contributed by atoms with Crippen molar-refractivity contribution in [2.75, 3.05) is 0 Å². The minimum absolute atomic E-state index is 0.0647. The molecule has 0 aliphatic carbocycles. The highest BCUT2D eigenvalue weighted by Gasteiger charge is 2.12. The number of hydrazine groups is 1. The van der Waals surface area contributed by atoms with Crippen molar-refractivity contribution in [1.82, 2.24) is 5.43 Å². The van der Waals surface area contributed by atoms with Crippen molar-refractivity contribution < 1.29 is 4.42 Å². The van der Waals surface area contributed by atoms with Crippen LogP contribution in [0.4, 0.5) is 0 Å². The largest absolute Gasteiger partial charge is 0.469 e. The van der Waals surface area contributed by atoms with Gasteiger partial charge in [-0.2, -0.15) is 0 Å². The molecular formula is C13H14Cl2N2O. The summed E-state index contributed by atoms with van der Waals surface area (Å²) in [5.74, 6) is 6.45. The third kappa shape index (κ3) is 3.50. The number of hydrogen-bond acceptors (Lipinski definition) is 3. The quantitative estimate of drug-likeness (QED) is 0.655. The van der Waals surface area contributed by atoms with E-state index in [1.54, 1.807) is 12.3 Å². The van der Waals surface area contributed by atoms with Gasteiger partial charge in [-0.05, 0) is 36.2 Å². The fraction of sp³-hybridized carbons (Fsp3) is 0.231. The molecule has 1 heterocycles. The molecule has 3 nitrogen and oxygen atoms in total. The third-order valence-corrected chi connectivity index (χ3v) is 3.33. The van der Waals surface area contributed by atoms with Gasteiger partial charge in [-0.15, -0.1) is 0 Å². The van der Waals surface area contributed by atoms with E-state index < -0.39 is 0 Å². The summed E-state index contributed by atoms with van der Waals surface area (Å²) < 4.78 is 5.30. The van der Waals surface area contributed by atoms with Crippen LogP contribution in [0.25, 0.3) is 0 Å². The molecule has 1 aromatic carbocycles. The first-order chi connectivity index (χ1) is 8.69. The molecule has 1 aromatic heterocycles. The zero-order chi connectivity index (χ0) is 13.0. The van der Waals surface area contributed by atoms with E-state index in [-0.39, 0.29) is 6.04 Å². The van der Waals surface area contributed by atoms with Crippen LogP contribution in [-0.4, -0.2) is 6.04 Å². The van der Waals surface area contributed by atoms with Crippen LogP contribution in [-0.2, 0) is 12.8 Å². The summed E-state index contributed by atoms with van der Waals surface area (Å²) in [6.45, 7) is 0. The van der Waals surface area contributed by atoms with Gasteiger partial charge in [-0.25, -0.2) is 0 Å². The average molecular weight is 285 g/mol. The molecule has 0 spiro atoms. The standard InChI is InChI=1S/C13H14Cl2N2O/c14-10-4-3-9(13(15)7-10)6-11(17-16)8-12-2-1-5-18-12/h1-5,7,11,17H,6,8,16H2. The average Bonchev–Trinajstić information content (AvgIpc) is 2.84. The van der Waals surface area contributed by atoms with E-state index in [4.69, 9.17) is 33.5 Å². The Labute approximate surface area is 116 Å². The van der Waals surface area contributed by atoms with Crippen molar-refractivity contribution >= 4 is 23.2 Å². The molecule has 0 bridgehead atoms. The maximum Gasteiger partial charge on any atom is 0.105 e. The third-order valence-electron chi connectivity index (χ3n) is 2.74. The van der Waals surface area contributed by atoms with Gasteiger partial charge in [0.1, 0.15) is 5.76 Å². The van der Waals surface area contributed by atoms with Crippen molar-refractivity contribution in [3.8, 4) is 0 Å². The number of furan rings is 1. The smallest absolute Gasteiger partial charge is 0.105 e. The first-order valence-electron chi connectivity index (χ1n) is 5.61. The van der Waals surface area contributed by atoms with E-state index in [0.29, 0.717) is 22.9 Å². The summed E-state index contributed by atoms with van der Waals surface area (Å²) in [4.78, 5) is 0. The molecule has 3 N–H and O–H groups in total. The Morgan fingerprint density at radius 1 is 1.22 bits per heavy atom. The highest BCUT2D eigenvalue weighted by Crippen LogP contribution is 2.22. The Hall–Kier alpha value is -1.000. The number of halogens is 2. The first-order valence-corrected chi connectivity index (χ1v) is 6.37. The lowest BCUT2D eigenvalue weighted by molar-refractivity contribution is 0.444. The molecule has 1 unspecified atom stereocenters. The summed E-state index contributed by atoms with van der Waals surface area (Å²) in [5.41, 5.74) is 3.79. The lowest BCUT2D eigenvalue weighted by atomic mass is 10.0. The van der Waals surface area contributed by atoms with Crippen LogP contribution in [0.5, 0.6) is 0 Å².